The number of rotatable bonds is 4. The SMILES string of the molecule is Cl.O=C(NCC1(c2cccc(Br)c2)CCC1)C1CC12CCNCC2. The van der Waals surface area contributed by atoms with Crippen LogP contribution in [0.3, 0.4) is 0 Å². The molecule has 1 heterocycles. The number of amides is 1. The molecule has 1 aromatic rings. The van der Waals surface area contributed by atoms with Crippen molar-refractivity contribution < 1.29 is 4.79 Å². The Bertz CT molecular complexity index is 611. The summed E-state index contributed by atoms with van der Waals surface area (Å²) in [5.74, 6) is 0.567. The molecule has 2 N–H and O–H groups in total. The van der Waals surface area contributed by atoms with Crippen molar-refractivity contribution in [1.82, 2.24) is 10.6 Å². The second kappa shape index (κ2) is 6.97. The summed E-state index contributed by atoms with van der Waals surface area (Å²) < 4.78 is 1.13. The van der Waals surface area contributed by atoms with E-state index in [9.17, 15) is 4.79 Å². The Balaban J connectivity index is 0.00000169. The molecule has 2 saturated carbocycles. The van der Waals surface area contributed by atoms with Gasteiger partial charge in [-0.05, 0) is 68.3 Å². The molecule has 24 heavy (non-hydrogen) atoms. The van der Waals surface area contributed by atoms with Crippen LogP contribution < -0.4 is 10.6 Å². The van der Waals surface area contributed by atoms with Crippen LogP contribution in [0.25, 0.3) is 0 Å². The van der Waals surface area contributed by atoms with Crippen LogP contribution in [0.15, 0.2) is 28.7 Å². The number of halogens is 2. The van der Waals surface area contributed by atoms with Crippen LogP contribution in [0.4, 0.5) is 0 Å². The molecule has 2 aliphatic carbocycles. The van der Waals surface area contributed by atoms with Crippen molar-refractivity contribution in [2.75, 3.05) is 19.6 Å². The molecule has 4 rings (SSSR count). The summed E-state index contributed by atoms with van der Waals surface area (Å²) in [6.45, 7) is 2.95. The highest BCUT2D eigenvalue weighted by Gasteiger charge is 2.57. The number of carbonyl (C=O) groups is 1. The van der Waals surface area contributed by atoms with Gasteiger partial charge in [0.2, 0.25) is 5.91 Å². The third-order valence-corrected chi connectivity index (χ3v) is 6.95. The second-order valence-electron chi connectivity index (χ2n) is 7.73. The van der Waals surface area contributed by atoms with E-state index in [1.165, 1.54) is 37.7 Å². The first-order chi connectivity index (χ1) is 11.1. The fourth-order valence-corrected chi connectivity index (χ4v) is 4.96. The number of piperidine rings is 1. The molecule has 3 fully saturated rings. The third-order valence-electron chi connectivity index (χ3n) is 6.45. The van der Waals surface area contributed by atoms with Crippen LogP contribution in [0.1, 0.15) is 44.1 Å². The zero-order chi connectivity index (χ0) is 15.9. The van der Waals surface area contributed by atoms with Crippen molar-refractivity contribution in [3.05, 3.63) is 34.3 Å². The lowest BCUT2D eigenvalue weighted by atomic mass is 9.64. The Labute approximate surface area is 158 Å². The zero-order valence-corrected chi connectivity index (χ0v) is 16.3. The topological polar surface area (TPSA) is 41.1 Å². The van der Waals surface area contributed by atoms with Crippen LogP contribution in [-0.4, -0.2) is 25.5 Å². The lowest BCUT2D eigenvalue weighted by molar-refractivity contribution is -0.123. The molecule has 1 amide bonds. The Morgan fingerprint density at radius 1 is 1.25 bits per heavy atom. The summed E-state index contributed by atoms with van der Waals surface area (Å²) >= 11 is 3.58. The molecular weight excluding hydrogens is 388 g/mol. The van der Waals surface area contributed by atoms with Gasteiger partial charge < -0.3 is 10.6 Å². The molecule has 1 aliphatic heterocycles. The van der Waals surface area contributed by atoms with Gasteiger partial charge in [-0.15, -0.1) is 12.4 Å². The highest BCUT2D eigenvalue weighted by Crippen LogP contribution is 2.58. The molecule has 0 radical (unpaired) electrons. The van der Waals surface area contributed by atoms with E-state index < -0.39 is 0 Å². The van der Waals surface area contributed by atoms with E-state index in [0.717, 1.165) is 30.5 Å². The fourth-order valence-electron chi connectivity index (χ4n) is 4.56. The highest BCUT2D eigenvalue weighted by atomic mass is 79.9. The fraction of sp³-hybridized carbons (Fsp3) is 0.632. The van der Waals surface area contributed by atoms with Crippen molar-refractivity contribution in [3.8, 4) is 0 Å². The van der Waals surface area contributed by atoms with Crippen molar-refractivity contribution in [1.29, 1.82) is 0 Å². The molecular formula is C19H26BrClN2O. The minimum absolute atomic E-state index is 0. The van der Waals surface area contributed by atoms with E-state index in [2.05, 4.69) is 50.8 Å². The lowest BCUT2D eigenvalue weighted by Crippen LogP contribution is -2.46. The molecule has 3 nitrogen and oxygen atoms in total. The highest BCUT2D eigenvalue weighted by molar-refractivity contribution is 9.10. The van der Waals surface area contributed by atoms with Crippen LogP contribution in [0.5, 0.6) is 0 Å². The summed E-state index contributed by atoms with van der Waals surface area (Å²) in [7, 11) is 0. The minimum Gasteiger partial charge on any atom is -0.355 e. The van der Waals surface area contributed by atoms with Gasteiger partial charge in [-0.3, -0.25) is 4.79 Å². The monoisotopic (exact) mass is 412 g/mol. The maximum Gasteiger partial charge on any atom is 0.223 e. The van der Waals surface area contributed by atoms with Gasteiger partial charge in [0.05, 0.1) is 0 Å². The van der Waals surface area contributed by atoms with Crippen LogP contribution in [-0.2, 0) is 10.2 Å². The lowest BCUT2D eigenvalue weighted by Gasteiger charge is -2.42. The third kappa shape index (κ3) is 3.25. The zero-order valence-electron chi connectivity index (χ0n) is 13.9. The number of carbonyl (C=O) groups excluding carboxylic acids is 1. The molecule has 1 aromatic carbocycles. The largest absolute Gasteiger partial charge is 0.355 e. The molecule has 0 bridgehead atoms. The van der Waals surface area contributed by atoms with E-state index >= 15 is 0 Å². The molecule has 1 spiro atoms. The predicted molar refractivity (Wildman–Crippen MR) is 103 cm³/mol. The Morgan fingerprint density at radius 2 is 2.00 bits per heavy atom. The van der Waals surface area contributed by atoms with E-state index in [-0.39, 0.29) is 23.7 Å². The smallest absolute Gasteiger partial charge is 0.223 e. The molecule has 1 unspecified atom stereocenters. The Morgan fingerprint density at radius 3 is 2.62 bits per heavy atom. The summed E-state index contributed by atoms with van der Waals surface area (Å²) in [5.41, 5.74) is 1.86. The Hall–Kier alpha value is -0.580. The normalized spacial score (nSPS) is 26.1. The van der Waals surface area contributed by atoms with E-state index in [4.69, 9.17) is 0 Å². The predicted octanol–water partition coefficient (Wildman–Crippen LogP) is 3.80. The number of hydrogen-bond donors (Lipinski definition) is 2. The van der Waals surface area contributed by atoms with Crippen LogP contribution >= 0.6 is 28.3 Å². The van der Waals surface area contributed by atoms with Crippen molar-refractivity contribution >= 4 is 34.2 Å². The van der Waals surface area contributed by atoms with E-state index in [0.29, 0.717) is 11.3 Å². The molecule has 0 aromatic heterocycles. The maximum absolute atomic E-state index is 12.6. The summed E-state index contributed by atoms with van der Waals surface area (Å²) in [6, 6.07) is 8.60. The van der Waals surface area contributed by atoms with Gasteiger partial charge in [-0.25, -0.2) is 0 Å². The van der Waals surface area contributed by atoms with E-state index in [1.54, 1.807) is 0 Å². The van der Waals surface area contributed by atoms with Crippen molar-refractivity contribution in [2.24, 2.45) is 11.3 Å². The molecule has 132 valence electrons. The Kier molecular flexibility index (Phi) is 5.29. The maximum atomic E-state index is 12.6. The number of hydrogen-bond acceptors (Lipinski definition) is 2. The van der Waals surface area contributed by atoms with Crippen LogP contribution in [0.2, 0.25) is 0 Å². The first-order valence-corrected chi connectivity index (χ1v) is 9.68. The van der Waals surface area contributed by atoms with Gasteiger partial charge >= 0.3 is 0 Å². The average Bonchev–Trinajstić information content (AvgIpc) is 3.20. The summed E-state index contributed by atoms with van der Waals surface area (Å²) in [4.78, 5) is 12.6. The first kappa shape index (κ1) is 18.2. The minimum atomic E-state index is 0. The van der Waals surface area contributed by atoms with Gasteiger partial charge in [-0.1, -0.05) is 34.5 Å². The van der Waals surface area contributed by atoms with Gasteiger partial charge in [-0.2, -0.15) is 0 Å². The number of nitrogens with one attached hydrogen (secondary N) is 2. The van der Waals surface area contributed by atoms with Crippen molar-refractivity contribution in [3.63, 3.8) is 0 Å². The van der Waals surface area contributed by atoms with Gasteiger partial charge in [0.15, 0.2) is 0 Å². The molecule has 1 saturated heterocycles. The van der Waals surface area contributed by atoms with E-state index in [1.807, 2.05) is 0 Å². The molecule has 5 heteroatoms. The summed E-state index contributed by atoms with van der Waals surface area (Å²) in [5, 5.41) is 6.71. The van der Waals surface area contributed by atoms with Gasteiger partial charge in [0, 0.05) is 22.4 Å². The quantitative estimate of drug-likeness (QED) is 0.788. The number of benzene rings is 1. The van der Waals surface area contributed by atoms with Gasteiger partial charge in [0.25, 0.3) is 0 Å². The van der Waals surface area contributed by atoms with Crippen LogP contribution in [0, 0.1) is 11.3 Å². The average molecular weight is 414 g/mol. The second-order valence-corrected chi connectivity index (χ2v) is 8.65. The summed E-state index contributed by atoms with van der Waals surface area (Å²) in [6.07, 6.45) is 7.07. The standard InChI is InChI=1S/C19H25BrN2O.ClH/c20-15-4-1-3-14(11-15)19(5-2-6-19)13-22-17(23)16-12-18(16)7-9-21-10-8-18;/h1,3-4,11,16,21H,2,5-10,12-13H2,(H,22,23);1H. The van der Waals surface area contributed by atoms with Crippen molar-refractivity contribution in [2.45, 2.75) is 43.9 Å². The molecule has 3 aliphatic rings. The molecule has 1 atom stereocenters. The first-order valence-electron chi connectivity index (χ1n) is 8.88. The van der Waals surface area contributed by atoms with Gasteiger partial charge in [0.1, 0.15) is 0 Å².